The average molecular weight is 382 g/mol. The Morgan fingerprint density at radius 1 is 1.33 bits per heavy atom. The molecule has 0 saturated heterocycles. The lowest BCUT2D eigenvalue weighted by molar-refractivity contribution is -0.121. The van der Waals surface area contributed by atoms with Crippen LogP contribution in [0.2, 0.25) is 0 Å². The second-order valence-electron chi connectivity index (χ2n) is 6.77. The molecule has 0 saturated carbocycles. The molecule has 1 aliphatic rings. The third-order valence-electron chi connectivity index (χ3n) is 4.67. The van der Waals surface area contributed by atoms with E-state index in [0.717, 1.165) is 19.3 Å². The van der Waals surface area contributed by atoms with E-state index in [4.69, 9.17) is 10.00 Å². The fourth-order valence-electron chi connectivity index (χ4n) is 3.25. The second-order valence-corrected chi connectivity index (χ2v) is 7.91. The lowest BCUT2D eigenvalue weighted by Gasteiger charge is -2.21. The Morgan fingerprint density at radius 2 is 2.11 bits per heavy atom. The van der Waals surface area contributed by atoms with E-state index in [9.17, 15) is 9.59 Å². The first-order valence-corrected chi connectivity index (χ1v) is 9.91. The Hall–Kier alpha value is -2.65. The van der Waals surface area contributed by atoms with Crippen LogP contribution >= 0.6 is 11.3 Å². The van der Waals surface area contributed by atoms with E-state index in [0.29, 0.717) is 16.5 Å². The highest BCUT2D eigenvalue weighted by Gasteiger charge is 2.23. The fraction of sp³-hybridized carbons (Fsp3) is 0.381. The highest BCUT2D eigenvalue weighted by molar-refractivity contribution is 7.14. The largest absolute Gasteiger partial charge is 0.451 e. The number of hydrogen-bond acceptors (Lipinski definition) is 5. The van der Waals surface area contributed by atoms with Crippen LogP contribution < -0.4 is 4.90 Å². The van der Waals surface area contributed by atoms with Gasteiger partial charge < -0.3 is 9.64 Å². The summed E-state index contributed by atoms with van der Waals surface area (Å²) in [7, 11) is 0. The van der Waals surface area contributed by atoms with Crippen LogP contribution in [0.15, 0.2) is 36.4 Å². The van der Waals surface area contributed by atoms with Gasteiger partial charge in [0, 0.05) is 17.1 Å². The van der Waals surface area contributed by atoms with Gasteiger partial charge in [-0.05, 0) is 48.9 Å². The average Bonchev–Trinajstić information content (AvgIpc) is 3.10. The molecule has 1 atom stereocenters. The molecule has 1 heterocycles. The molecule has 140 valence electrons. The number of carbonyl (C=O) groups is 2. The van der Waals surface area contributed by atoms with Crippen molar-refractivity contribution < 1.29 is 14.3 Å². The lowest BCUT2D eigenvalue weighted by atomic mass is 9.90. The minimum Gasteiger partial charge on any atom is -0.451 e. The van der Waals surface area contributed by atoms with Gasteiger partial charge in [-0.15, -0.1) is 11.3 Å². The smallest absolute Gasteiger partial charge is 0.348 e. The van der Waals surface area contributed by atoms with Crippen molar-refractivity contribution in [3.8, 4) is 6.07 Å². The lowest BCUT2D eigenvalue weighted by Crippen LogP contribution is -2.35. The maximum Gasteiger partial charge on any atom is 0.348 e. The molecule has 2 aromatic rings. The first-order valence-electron chi connectivity index (χ1n) is 9.09. The zero-order chi connectivity index (χ0) is 19.2. The molecule has 1 aliphatic carbocycles. The van der Waals surface area contributed by atoms with E-state index in [1.165, 1.54) is 26.7 Å². The van der Waals surface area contributed by atoms with Crippen LogP contribution in [0.25, 0.3) is 0 Å². The molecule has 6 heteroatoms. The van der Waals surface area contributed by atoms with Crippen molar-refractivity contribution in [3.63, 3.8) is 0 Å². The number of nitriles is 1. The van der Waals surface area contributed by atoms with Crippen LogP contribution in [0.5, 0.6) is 0 Å². The van der Waals surface area contributed by atoms with Crippen molar-refractivity contribution in [1.29, 1.82) is 5.26 Å². The molecule has 1 aromatic carbocycles. The molecule has 0 fully saturated rings. The summed E-state index contributed by atoms with van der Waals surface area (Å²) in [4.78, 5) is 28.3. The zero-order valence-corrected chi connectivity index (χ0v) is 16.1. The summed E-state index contributed by atoms with van der Waals surface area (Å²) in [6, 6.07) is 13.1. The van der Waals surface area contributed by atoms with Crippen LogP contribution in [-0.2, 0) is 22.4 Å². The number of aryl methyl sites for hydroxylation is 1. The van der Waals surface area contributed by atoms with Crippen molar-refractivity contribution in [2.75, 3.05) is 18.1 Å². The van der Waals surface area contributed by atoms with Gasteiger partial charge in [0.2, 0.25) is 0 Å². The number of benzene rings is 1. The fourth-order valence-corrected chi connectivity index (χ4v) is 4.35. The van der Waals surface area contributed by atoms with Gasteiger partial charge in [0.05, 0.1) is 12.5 Å². The number of para-hydroxylation sites is 1. The molecule has 0 bridgehead atoms. The molecule has 0 aliphatic heterocycles. The molecule has 0 unspecified atom stereocenters. The van der Waals surface area contributed by atoms with Gasteiger partial charge in [0.25, 0.3) is 5.91 Å². The van der Waals surface area contributed by atoms with Gasteiger partial charge in [-0.1, -0.05) is 25.1 Å². The predicted molar refractivity (Wildman–Crippen MR) is 105 cm³/mol. The van der Waals surface area contributed by atoms with Crippen molar-refractivity contribution >= 4 is 28.9 Å². The number of thiophene rings is 1. The molecular weight excluding hydrogens is 360 g/mol. The number of hydrogen-bond donors (Lipinski definition) is 0. The van der Waals surface area contributed by atoms with E-state index in [-0.39, 0.29) is 25.5 Å². The Balaban J connectivity index is 1.63. The number of amides is 1. The quantitative estimate of drug-likeness (QED) is 0.709. The molecule has 3 rings (SSSR count). The third-order valence-corrected chi connectivity index (χ3v) is 5.89. The monoisotopic (exact) mass is 382 g/mol. The van der Waals surface area contributed by atoms with E-state index >= 15 is 0 Å². The summed E-state index contributed by atoms with van der Waals surface area (Å²) in [6.07, 6.45) is 3.35. The normalized spacial score (nSPS) is 15.5. The summed E-state index contributed by atoms with van der Waals surface area (Å²) in [5.74, 6) is -0.152. The minimum absolute atomic E-state index is 0.213. The van der Waals surface area contributed by atoms with Crippen LogP contribution in [0, 0.1) is 17.2 Å². The van der Waals surface area contributed by atoms with Crippen molar-refractivity contribution in [2.45, 2.75) is 32.6 Å². The summed E-state index contributed by atoms with van der Waals surface area (Å²) in [6.45, 7) is 2.15. The number of ether oxygens (including phenoxy) is 1. The summed E-state index contributed by atoms with van der Waals surface area (Å²) in [5, 5.41) is 8.84. The number of fused-ring (bicyclic) bond motifs is 1. The van der Waals surface area contributed by atoms with Crippen molar-refractivity contribution in [2.24, 2.45) is 5.92 Å². The summed E-state index contributed by atoms with van der Waals surface area (Å²) >= 11 is 1.47. The number of nitrogens with zero attached hydrogens (tertiary/aromatic N) is 2. The molecule has 0 N–H and O–H groups in total. The van der Waals surface area contributed by atoms with Crippen molar-refractivity contribution in [3.05, 3.63) is 51.7 Å². The molecule has 5 nitrogen and oxygen atoms in total. The summed E-state index contributed by atoms with van der Waals surface area (Å²) < 4.78 is 5.27. The number of rotatable bonds is 6. The van der Waals surface area contributed by atoms with Gasteiger partial charge in [0.15, 0.2) is 6.61 Å². The van der Waals surface area contributed by atoms with Gasteiger partial charge in [-0.25, -0.2) is 4.79 Å². The van der Waals surface area contributed by atoms with Gasteiger partial charge >= 0.3 is 5.97 Å². The van der Waals surface area contributed by atoms with Gasteiger partial charge in [-0.3, -0.25) is 4.79 Å². The highest BCUT2D eigenvalue weighted by atomic mass is 32.1. The minimum atomic E-state index is -0.455. The first kappa shape index (κ1) is 19.1. The summed E-state index contributed by atoms with van der Waals surface area (Å²) in [5.41, 5.74) is 1.92. The molecular formula is C21H22N2O3S. The maximum absolute atomic E-state index is 12.6. The molecule has 27 heavy (non-hydrogen) atoms. The molecule has 0 radical (unpaired) electrons. The van der Waals surface area contributed by atoms with Gasteiger partial charge in [-0.2, -0.15) is 5.26 Å². The number of carbonyl (C=O) groups excluding carboxylic acids is 2. The Labute approximate surface area is 163 Å². The topological polar surface area (TPSA) is 70.4 Å². The van der Waals surface area contributed by atoms with Crippen LogP contribution in [0.1, 0.15) is 39.9 Å². The van der Waals surface area contributed by atoms with Crippen LogP contribution in [-0.4, -0.2) is 25.0 Å². The molecule has 0 spiro atoms. The first-order chi connectivity index (χ1) is 13.1. The number of anilines is 1. The SMILES string of the molecule is C[C@H]1CCc2sc(C(=O)OCC(=O)N(CCC#N)c3ccccc3)cc2C1. The van der Waals surface area contributed by atoms with Crippen LogP contribution in [0.4, 0.5) is 5.69 Å². The molecule has 1 amide bonds. The Morgan fingerprint density at radius 3 is 2.85 bits per heavy atom. The van der Waals surface area contributed by atoms with E-state index < -0.39 is 5.97 Å². The Bertz CT molecular complexity index is 854. The Kier molecular flexibility index (Phi) is 6.25. The van der Waals surface area contributed by atoms with Gasteiger partial charge in [0.1, 0.15) is 4.88 Å². The van der Waals surface area contributed by atoms with E-state index in [1.54, 1.807) is 12.1 Å². The van der Waals surface area contributed by atoms with E-state index in [2.05, 4.69) is 6.92 Å². The van der Waals surface area contributed by atoms with E-state index in [1.807, 2.05) is 30.3 Å². The maximum atomic E-state index is 12.6. The highest BCUT2D eigenvalue weighted by Crippen LogP contribution is 2.32. The van der Waals surface area contributed by atoms with Crippen molar-refractivity contribution in [1.82, 2.24) is 0 Å². The van der Waals surface area contributed by atoms with Crippen LogP contribution in [0.3, 0.4) is 0 Å². The predicted octanol–water partition coefficient (Wildman–Crippen LogP) is 3.98. The molecule has 1 aromatic heterocycles. The number of esters is 1. The zero-order valence-electron chi connectivity index (χ0n) is 15.3. The standard InChI is InChI=1S/C21H22N2O3S/c1-15-8-9-18-16(12-15)13-19(27-18)21(25)26-14-20(24)23(11-5-10-22)17-6-3-2-4-7-17/h2-4,6-7,13,15H,5,8-9,11-12,14H2,1H3/t15-/m0/s1. The third kappa shape index (κ3) is 4.75. The second kappa shape index (κ2) is 8.83.